The second-order valence-corrected chi connectivity index (χ2v) is 6.40. The van der Waals surface area contributed by atoms with Crippen molar-refractivity contribution in [2.75, 3.05) is 17.2 Å². The molecule has 2 unspecified atom stereocenters. The van der Waals surface area contributed by atoms with Crippen LogP contribution in [0.3, 0.4) is 0 Å². The summed E-state index contributed by atoms with van der Waals surface area (Å²) >= 11 is 0. The van der Waals surface area contributed by atoms with Crippen LogP contribution in [0.5, 0.6) is 5.75 Å². The van der Waals surface area contributed by atoms with E-state index in [1.54, 1.807) is 12.1 Å². The molecule has 2 N–H and O–H groups in total. The van der Waals surface area contributed by atoms with E-state index < -0.39 is 0 Å². The van der Waals surface area contributed by atoms with E-state index in [4.69, 9.17) is 4.74 Å². The molecular weight excluding hydrogens is 328 g/mol. The molecule has 2 aromatic carbocycles. The zero-order valence-electron chi connectivity index (χ0n) is 15.1. The summed E-state index contributed by atoms with van der Waals surface area (Å²) in [6.07, 6.45) is 1.44. The number of hydrogen-bond donors (Lipinski definition) is 2. The Bertz CT molecular complexity index is 786. The van der Waals surface area contributed by atoms with Crippen LogP contribution in [0.1, 0.15) is 25.8 Å². The topological polar surface area (TPSA) is 67.4 Å². The third-order valence-corrected chi connectivity index (χ3v) is 4.55. The van der Waals surface area contributed by atoms with E-state index in [1.165, 1.54) is 0 Å². The third-order valence-electron chi connectivity index (χ3n) is 4.55. The van der Waals surface area contributed by atoms with Gasteiger partial charge in [0.2, 0.25) is 11.8 Å². The van der Waals surface area contributed by atoms with E-state index >= 15 is 0 Å². The highest BCUT2D eigenvalue weighted by atomic mass is 16.5. The first-order valence-corrected chi connectivity index (χ1v) is 9.04. The van der Waals surface area contributed by atoms with E-state index in [2.05, 4.69) is 17.6 Å². The Morgan fingerprint density at radius 3 is 2.27 bits per heavy atom. The second-order valence-electron chi connectivity index (χ2n) is 6.40. The van der Waals surface area contributed by atoms with Crippen LogP contribution in [0, 0.1) is 11.8 Å². The van der Waals surface area contributed by atoms with Gasteiger partial charge in [-0.3, -0.25) is 9.59 Å². The lowest BCUT2D eigenvalue weighted by Crippen LogP contribution is -2.21. The van der Waals surface area contributed by atoms with Gasteiger partial charge < -0.3 is 15.4 Å². The van der Waals surface area contributed by atoms with Crippen LogP contribution in [0.4, 0.5) is 11.4 Å². The fraction of sp³-hybridized carbons (Fsp3) is 0.333. The van der Waals surface area contributed by atoms with Crippen molar-refractivity contribution in [1.29, 1.82) is 0 Å². The van der Waals surface area contributed by atoms with Gasteiger partial charge in [0.15, 0.2) is 0 Å². The lowest BCUT2D eigenvalue weighted by molar-refractivity contribution is -0.122. The van der Waals surface area contributed by atoms with Gasteiger partial charge in [-0.15, -0.1) is 0 Å². The molecule has 0 aromatic heterocycles. The molecule has 1 aliphatic carbocycles. The standard InChI is InChI=1S/C21H24N2O3/c1-3-14-7-5-6-8-19(14)23-21(25)18-13-17(18)20(24)22-15-9-11-16(12-10-15)26-4-2/h5-12,17-18H,3-4,13H2,1-2H3,(H,22,24)(H,23,25). The molecule has 2 amide bonds. The fourth-order valence-electron chi connectivity index (χ4n) is 2.99. The van der Waals surface area contributed by atoms with Gasteiger partial charge in [0.25, 0.3) is 0 Å². The van der Waals surface area contributed by atoms with Crippen LogP contribution >= 0.6 is 0 Å². The smallest absolute Gasteiger partial charge is 0.228 e. The van der Waals surface area contributed by atoms with E-state index in [9.17, 15) is 9.59 Å². The van der Waals surface area contributed by atoms with Gasteiger partial charge in [0, 0.05) is 11.4 Å². The van der Waals surface area contributed by atoms with E-state index in [1.807, 2.05) is 43.3 Å². The molecule has 3 rings (SSSR count). The summed E-state index contributed by atoms with van der Waals surface area (Å²) in [5.74, 6) is 0.0394. The van der Waals surface area contributed by atoms with Crippen LogP contribution in [0.25, 0.3) is 0 Å². The molecule has 0 saturated heterocycles. The summed E-state index contributed by atoms with van der Waals surface area (Å²) in [6.45, 7) is 4.58. The molecule has 0 radical (unpaired) electrons. The number of amides is 2. The van der Waals surface area contributed by atoms with Crippen LogP contribution in [-0.4, -0.2) is 18.4 Å². The number of benzene rings is 2. The fourth-order valence-corrected chi connectivity index (χ4v) is 2.99. The van der Waals surface area contributed by atoms with E-state index in [-0.39, 0.29) is 23.7 Å². The first kappa shape index (κ1) is 18.0. The molecule has 5 heteroatoms. The molecular formula is C21H24N2O3. The summed E-state index contributed by atoms with van der Waals surface area (Å²) in [4.78, 5) is 24.8. The van der Waals surface area contributed by atoms with Gasteiger partial charge in [0.05, 0.1) is 18.4 Å². The summed E-state index contributed by atoms with van der Waals surface area (Å²) < 4.78 is 5.38. The normalized spacial score (nSPS) is 18.1. The number of nitrogens with one attached hydrogen (secondary N) is 2. The Balaban J connectivity index is 1.54. The zero-order chi connectivity index (χ0) is 18.5. The van der Waals surface area contributed by atoms with E-state index in [0.717, 1.165) is 23.4 Å². The summed E-state index contributed by atoms with van der Waals surface area (Å²) in [6, 6.07) is 15.0. The van der Waals surface area contributed by atoms with Gasteiger partial charge in [-0.05, 0) is 55.7 Å². The number of carbonyl (C=O) groups excluding carboxylic acids is 2. The third kappa shape index (κ3) is 4.23. The number of aryl methyl sites for hydroxylation is 1. The highest BCUT2D eigenvalue weighted by Crippen LogP contribution is 2.40. The van der Waals surface area contributed by atoms with Gasteiger partial charge in [0.1, 0.15) is 5.75 Å². The highest BCUT2D eigenvalue weighted by Gasteiger charge is 2.48. The predicted octanol–water partition coefficient (Wildman–Crippen LogP) is 3.86. The molecule has 0 aliphatic heterocycles. The molecule has 26 heavy (non-hydrogen) atoms. The number of para-hydroxylation sites is 1. The molecule has 1 aliphatic rings. The molecule has 5 nitrogen and oxygen atoms in total. The first-order valence-electron chi connectivity index (χ1n) is 9.04. The average Bonchev–Trinajstić information content (AvgIpc) is 3.45. The maximum absolute atomic E-state index is 12.4. The van der Waals surface area contributed by atoms with Crippen molar-refractivity contribution >= 4 is 23.2 Å². The largest absolute Gasteiger partial charge is 0.494 e. The number of ether oxygens (including phenoxy) is 1. The van der Waals surface area contributed by atoms with Crippen molar-refractivity contribution in [2.24, 2.45) is 11.8 Å². The van der Waals surface area contributed by atoms with Gasteiger partial charge in [-0.1, -0.05) is 25.1 Å². The monoisotopic (exact) mass is 352 g/mol. The zero-order valence-corrected chi connectivity index (χ0v) is 15.1. The molecule has 0 spiro atoms. The van der Waals surface area contributed by atoms with Crippen molar-refractivity contribution in [3.63, 3.8) is 0 Å². The Morgan fingerprint density at radius 1 is 0.962 bits per heavy atom. The van der Waals surface area contributed by atoms with Crippen molar-refractivity contribution in [2.45, 2.75) is 26.7 Å². The number of carbonyl (C=O) groups is 2. The minimum absolute atomic E-state index is 0.0854. The maximum Gasteiger partial charge on any atom is 0.228 e. The lowest BCUT2D eigenvalue weighted by atomic mass is 10.1. The number of hydrogen-bond acceptors (Lipinski definition) is 3. The molecule has 136 valence electrons. The molecule has 2 aromatic rings. The van der Waals surface area contributed by atoms with Crippen LogP contribution < -0.4 is 15.4 Å². The van der Waals surface area contributed by atoms with Crippen LogP contribution in [0.2, 0.25) is 0 Å². The lowest BCUT2D eigenvalue weighted by Gasteiger charge is -2.10. The Kier molecular flexibility index (Phi) is 5.56. The molecule has 2 atom stereocenters. The average molecular weight is 352 g/mol. The highest BCUT2D eigenvalue weighted by molar-refractivity contribution is 6.03. The first-order chi connectivity index (χ1) is 12.6. The Hall–Kier alpha value is -2.82. The molecule has 1 fully saturated rings. The maximum atomic E-state index is 12.4. The van der Waals surface area contributed by atoms with Gasteiger partial charge >= 0.3 is 0 Å². The van der Waals surface area contributed by atoms with E-state index in [0.29, 0.717) is 18.7 Å². The number of rotatable bonds is 7. The van der Waals surface area contributed by atoms with Crippen molar-refractivity contribution in [3.8, 4) is 5.75 Å². The minimum Gasteiger partial charge on any atom is -0.494 e. The van der Waals surface area contributed by atoms with Crippen LogP contribution in [-0.2, 0) is 16.0 Å². The molecule has 1 saturated carbocycles. The number of anilines is 2. The van der Waals surface area contributed by atoms with Gasteiger partial charge in [-0.2, -0.15) is 0 Å². The Labute approximate surface area is 153 Å². The Morgan fingerprint density at radius 2 is 1.62 bits per heavy atom. The predicted molar refractivity (Wildman–Crippen MR) is 102 cm³/mol. The van der Waals surface area contributed by atoms with Crippen LogP contribution in [0.15, 0.2) is 48.5 Å². The molecule has 0 heterocycles. The van der Waals surface area contributed by atoms with Crippen molar-refractivity contribution in [3.05, 3.63) is 54.1 Å². The summed E-state index contributed by atoms with van der Waals surface area (Å²) in [7, 11) is 0. The SMILES string of the molecule is CCOc1ccc(NC(=O)C2CC2C(=O)Nc2ccccc2CC)cc1. The summed E-state index contributed by atoms with van der Waals surface area (Å²) in [5, 5.41) is 5.83. The summed E-state index contributed by atoms with van der Waals surface area (Å²) in [5.41, 5.74) is 2.63. The van der Waals surface area contributed by atoms with Crippen molar-refractivity contribution in [1.82, 2.24) is 0 Å². The second kappa shape index (κ2) is 8.04. The minimum atomic E-state index is -0.268. The molecule has 0 bridgehead atoms. The van der Waals surface area contributed by atoms with Crippen molar-refractivity contribution < 1.29 is 14.3 Å². The van der Waals surface area contributed by atoms with Gasteiger partial charge in [-0.25, -0.2) is 0 Å². The quantitative estimate of drug-likeness (QED) is 0.795.